The average molecular weight is 663 g/mol. The summed E-state index contributed by atoms with van der Waals surface area (Å²) < 4.78 is 11.6. The van der Waals surface area contributed by atoms with E-state index in [1.54, 1.807) is 0 Å². The van der Waals surface area contributed by atoms with Crippen molar-refractivity contribution >= 4 is 43.6 Å². The van der Waals surface area contributed by atoms with Gasteiger partial charge in [-0.1, -0.05) is 109 Å². The lowest BCUT2D eigenvalue weighted by Crippen LogP contribution is -2.32. The van der Waals surface area contributed by atoms with Crippen molar-refractivity contribution in [1.29, 1.82) is 0 Å². The Morgan fingerprint density at radius 1 is 0.327 bits per heavy atom. The summed E-state index contributed by atoms with van der Waals surface area (Å²) in [7, 11) is 0. The first-order chi connectivity index (χ1) is 25.8. The minimum atomic E-state index is -0.605. The van der Waals surface area contributed by atoms with E-state index in [1.165, 1.54) is 77.0 Å². The summed E-state index contributed by atoms with van der Waals surface area (Å²) in [4.78, 5) is 0. The van der Waals surface area contributed by atoms with E-state index in [0.717, 1.165) is 22.9 Å². The molecule has 10 aromatic rings. The molecule has 2 aromatic heterocycles. The van der Waals surface area contributed by atoms with Gasteiger partial charge < -0.3 is 13.9 Å². The molecule has 0 radical (unpaired) electrons. The van der Waals surface area contributed by atoms with Crippen molar-refractivity contribution in [3.8, 4) is 34.0 Å². The number of aromatic nitrogens is 2. The van der Waals surface area contributed by atoms with Crippen molar-refractivity contribution in [3.63, 3.8) is 0 Å². The molecule has 3 heterocycles. The minimum absolute atomic E-state index is 0.605. The van der Waals surface area contributed by atoms with Crippen LogP contribution in [-0.2, 0) is 5.41 Å². The van der Waals surface area contributed by atoms with Gasteiger partial charge in [-0.25, -0.2) is 0 Å². The van der Waals surface area contributed by atoms with Crippen molar-refractivity contribution < 1.29 is 4.74 Å². The molecule has 0 bridgehead atoms. The fourth-order valence-electron chi connectivity index (χ4n) is 9.53. The lowest BCUT2D eigenvalue weighted by molar-refractivity contribution is 0.436. The molecule has 8 aromatic carbocycles. The summed E-state index contributed by atoms with van der Waals surface area (Å²) in [5.74, 6) is 1.80. The molecule has 0 amide bonds. The standard InChI is InChI=1S/C49H30N2O/c1-3-15-31(16-4-1)50-44-24-12-8-20-34(44)38-28-41-36(29-45(38)50)35-27-37-33-19-7-11-23-43(33)51(32-17-5-2-6-18-32)46(37)30-42(35)49(41)39-21-9-13-25-47(39)52-48-26-14-10-22-40(48)49/h1-30H. The molecule has 1 aliphatic carbocycles. The van der Waals surface area contributed by atoms with Crippen LogP contribution in [0.2, 0.25) is 0 Å². The number of nitrogens with zero attached hydrogens (tertiary/aromatic N) is 2. The summed E-state index contributed by atoms with van der Waals surface area (Å²) in [6.45, 7) is 0. The zero-order valence-electron chi connectivity index (χ0n) is 28.1. The van der Waals surface area contributed by atoms with Gasteiger partial charge in [0.2, 0.25) is 0 Å². The maximum absolute atomic E-state index is 6.73. The van der Waals surface area contributed by atoms with Crippen LogP contribution < -0.4 is 4.74 Å². The second kappa shape index (κ2) is 10.1. The molecule has 3 nitrogen and oxygen atoms in total. The second-order valence-corrected chi connectivity index (χ2v) is 14.1. The van der Waals surface area contributed by atoms with Gasteiger partial charge in [0, 0.05) is 44.0 Å². The highest BCUT2D eigenvalue weighted by Gasteiger charge is 2.51. The zero-order valence-corrected chi connectivity index (χ0v) is 28.1. The molecule has 52 heavy (non-hydrogen) atoms. The average Bonchev–Trinajstić information content (AvgIpc) is 3.81. The van der Waals surface area contributed by atoms with Crippen LogP contribution in [0.25, 0.3) is 66.1 Å². The van der Waals surface area contributed by atoms with E-state index in [-0.39, 0.29) is 0 Å². The molecule has 2 aliphatic rings. The molecule has 1 aliphatic heterocycles. The molecule has 0 atom stereocenters. The molecule has 0 saturated heterocycles. The van der Waals surface area contributed by atoms with Gasteiger partial charge in [0.25, 0.3) is 0 Å². The van der Waals surface area contributed by atoms with E-state index in [2.05, 4.69) is 191 Å². The first-order valence-corrected chi connectivity index (χ1v) is 17.9. The zero-order chi connectivity index (χ0) is 34.0. The second-order valence-electron chi connectivity index (χ2n) is 14.1. The highest BCUT2D eigenvalue weighted by atomic mass is 16.5. The maximum atomic E-state index is 6.73. The Morgan fingerprint density at radius 2 is 0.769 bits per heavy atom. The van der Waals surface area contributed by atoms with Crippen LogP contribution in [0.5, 0.6) is 11.5 Å². The van der Waals surface area contributed by atoms with Gasteiger partial charge in [-0.05, 0) is 95.1 Å². The van der Waals surface area contributed by atoms with Gasteiger partial charge in [-0.3, -0.25) is 0 Å². The normalized spacial score (nSPS) is 13.7. The van der Waals surface area contributed by atoms with Gasteiger partial charge in [-0.2, -0.15) is 0 Å². The molecule has 0 fully saturated rings. The Labute approximate surface area is 300 Å². The van der Waals surface area contributed by atoms with Gasteiger partial charge in [-0.15, -0.1) is 0 Å². The highest BCUT2D eigenvalue weighted by molar-refractivity contribution is 6.15. The number of hydrogen-bond acceptors (Lipinski definition) is 1. The molecule has 0 N–H and O–H groups in total. The van der Waals surface area contributed by atoms with Crippen LogP contribution in [0.4, 0.5) is 0 Å². The van der Waals surface area contributed by atoms with Gasteiger partial charge in [0.15, 0.2) is 0 Å². The van der Waals surface area contributed by atoms with Crippen LogP contribution in [0.3, 0.4) is 0 Å². The van der Waals surface area contributed by atoms with Crippen LogP contribution in [0.1, 0.15) is 22.3 Å². The monoisotopic (exact) mass is 662 g/mol. The molecular formula is C49H30N2O. The van der Waals surface area contributed by atoms with Crippen LogP contribution >= 0.6 is 0 Å². The Balaban J connectivity index is 1.30. The maximum Gasteiger partial charge on any atom is 0.132 e. The van der Waals surface area contributed by atoms with Gasteiger partial charge >= 0.3 is 0 Å². The Hall–Kier alpha value is -6.84. The number of hydrogen-bond donors (Lipinski definition) is 0. The molecular weight excluding hydrogens is 633 g/mol. The first-order valence-electron chi connectivity index (χ1n) is 17.9. The van der Waals surface area contributed by atoms with Crippen LogP contribution in [0.15, 0.2) is 182 Å². The van der Waals surface area contributed by atoms with Crippen LogP contribution in [0, 0.1) is 0 Å². The van der Waals surface area contributed by atoms with Crippen molar-refractivity contribution in [2.45, 2.75) is 5.41 Å². The summed E-state index contributed by atoms with van der Waals surface area (Å²) in [5.41, 5.74) is 13.9. The number of para-hydroxylation sites is 6. The SMILES string of the molecule is c1ccc(-n2c3ccccc3c3cc4c(cc32)-c2cc3c5ccccc5n(-c5ccccc5)c3cc2C42c3ccccc3Oc3ccccc32)cc1. The molecule has 0 unspecified atom stereocenters. The fourth-order valence-corrected chi connectivity index (χ4v) is 9.53. The summed E-state index contributed by atoms with van der Waals surface area (Å²) in [5, 5.41) is 4.99. The Morgan fingerprint density at radius 3 is 1.37 bits per heavy atom. The van der Waals surface area contributed by atoms with E-state index in [9.17, 15) is 0 Å². The van der Waals surface area contributed by atoms with E-state index in [4.69, 9.17) is 4.74 Å². The van der Waals surface area contributed by atoms with Crippen LogP contribution in [-0.4, -0.2) is 9.13 Å². The number of fused-ring (bicyclic) bond motifs is 15. The minimum Gasteiger partial charge on any atom is -0.457 e. The lowest BCUT2D eigenvalue weighted by Gasteiger charge is -2.39. The largest absolute Gasteiger partial charge is 0.457 e. The van der Waals surface area contributed by atoms with E-state index in [0.29, 0.717) is 0 Å². The van der Waals surface area contributed by atoms with Crippen molar-refractivity contribution in [1.82, 2.24) is 9.13 Å². The van der Waals surface area contributed by atoms with Crippen molar-refractivity contribution in [2.24, 2.45) is 0 Å². The first kappa shape index (κ1) is 27.9. The van der Waals surface area contributed by atoms with Crippen molar-refractivity contribution in [3.05, 3.63) is 204 Å². The Bertz CT molecular complexity index is 3050. The third-order valence-corrected chi connectivity index (χ3v) is 11.6. The van der Waals surface area contributed by atoms with Crippen molar-refractivity contribution in [2.75, 3.05) is 0 Å². The lowest BCUT2D eigenvalue weighted by atomic mass is 9.66. The summed E-state index contributed by atoms with van der Waals surface area (Å²) in [6, 6.07) is 66.4. The summed E-state index contributed by atoms with van der Waals surface area (Å²) in [6.07, 6.45) is 0. The third-order valence-electron chi connectivity index (χ3n) is 11.6. The molecule has 12 rings (SSSR count). The quantitative estimate of drug-likeness (QED) is 0.180. The number of benzene rings is 8. The topological polar surface area (TPSA) is 19.1 Å². The molecule has 3 heteroatoms. The third kappa shape index (κ3) is 3.45. The number of rotatable bonds is 2. The summed E-state index contributed by atoms with van der Waals surface area (Å²) >= 11 is 0. The Kier molecular flexibility index (Phi) is 5.43. The predicted octanol–water partition coefficient (Wildman–Crippen LogP) is 12.3. The molecule has 242 valence electrons. The fraction of sp³-hybridized carbons (Fsp3) is 0.0204. The predicted molar refractivity (Wildman–Crippen MR) is 212 cm³/mol. The van der Waals surface area contributed by atoms with Gasteiger partial charge in [0.05, 0.1) is 27.5 Å². The van der Waals surface area contributed by atoms with E-state index in [1.807, 2.05) is 0 Å². The molecule has 0 saturated carbocycles. The smallest absolute Gasteiger partial charge is 0.132 e. The van der Waals surface area contributed by atoms with E-state index >= 15 is 0 Å². The van der Waals surface area contributed by atoms with E-state index < -0.39 is 5.41 Å². The number of ether oxygens (including phenoxy) is 1. The van der Waals surface area contributed by atoms with Gasteiger partial charge in [0.1, 0.15) is 11.5 Å². The highest BCUT2D eigenvalue weighted by Crippen LogP contribution is 2.63. The molecule has 1 spiro atoms.